The molecule has 1 atom stereocenters. The highest BCUT2D eigenvalue weighted by Gasteiger charge is 2.30. The van der Waals surface area contributed by atoms with Gasteiger partial charge in [-0.25, -0.2) is 4.98 Å². The minimum Gasteiger partial charge on any atom is -0.480 e. The van der Waals surface area contributed by atoms with Gasteiger partial charge in [0.05, 0.1) is 0 Å². The van der Waals surface area contributed by atoms with E-state index >= 15 is 0 Å². The number of aliphatic carboxylic acids is 1. The van der Waals surface area contributed by atoms with E-state index in [1.165, 1.54) is 11.3 Å². The Hall–Kier alpha value is -0.980. The van der Waals surface area contributed by atoms with Crippen LogP contribution in [0.4, 0.5) is 0 Å². The molecule has 6 heteroatoms. The average Bonchev–Trinajstić information content (AvgIpc) is 2.66. The highest BCUT2D eigenvalue weighted by molar-refractivity contribution is 7.09. The third kappa shape index (κ3) is 2.40. The van der Waals surface area contributed by atoms with Gasteiger partial charge in [0.2, 0.25) is 0 Å². The van der Waals surface area contributed by atoms with Crippen molar-refractivity contribution in [2.24, 2.45) is 0 Å². The molecule has 1 fully saturated rings. The van der Waals surface area contributed by atoms with Gasteiger partial charge < -0.3 is 10.4 Å². The number of nitrogens with one attached hydrogen (secondary N) is 1. The first-order valence-electron chi connectivity index (χ1n) is 5.28. The minimum atomic E-state index is -0.809. The Morgan fingerprint density at radius 3 is 2.81 bits per heavy atom. The second-order valence-electron chi connectivity index (χ2n) is 3.85. The Morgan fingerprint density at radius 1 is 1.62 bits per heavy atom. The third-order valence-electron chi connectivity index (χ3n) is 2.62. The molecular weight excluding hydrogens is 226 g/mol. The molecule has 0 amide bonds. The summed E-state index contributed by atoms with van der Waals surface area (Å²) >= 11 is 1.43. The number of hydrogen-bond donors (Lipinski definition) is 2. The van der Waals surface area contributed by atoms with E-state index in [-0.39, 0.29) is 0 Å². The van der Waals surface area contributed by atoms with Gasteiger partial charge >= 0.3 is 5.97 Å². The second-order valence-corrected chi connectivity index (χ2v) is 4.74. The van der Waals surface area contributed by atoms with Gasteiger partial charge in [0.1, 0.15) is 5.01 Å². The van der Waals surface area contributed by atoms with E-state index in [9.17, 15) is 9.90 Å². The normalized spacial score (nSPS) is 19.6. The number of carboxylic acid groups (broad SMARTS) is 1. The van der Waals surface area contributed by atoms with Gasteiger partial charge in [0.15, 0.2) is 6.04 Å². The SMILES string of the molecule is Cc1csc(C(C(=O)O)N2CCNCC2)n1. The zero-order valence-electron chi connectivity index (χ0n) is 9.14. The summed E-state index contributed by atoms with van der Waals surface area (Å²) in [6, 6.07) is -0.583. The highest BCUT2D eigenvalue weighted by Crippen LogP contribution is 2.24. The fraction of sp³-hybridized carbons (Fsp3) is 0.600. The van der Waals surface area contributed by atoms with Gasteiger partial charge in [-0.2, -0.15) is 0 Å². The van der Waals surface area contributed by atoms with Crippen molar-refractivity contribution in [2.45, 2.75) is 13.0 Å². The van der Waals surface area contributed by atoms with Gasteiger partial charge in [-0.3, -0.25) is 9.69 Å². The van der Waals surface area contributed by atoms with E-state index < -0.39 is 12.0 Å². The van der Waals surface area contributed by atoms with Crippen LogP contribution in [0.3, 0.4) is 0 Å². The molecule has 0 aromatic carbocycles. The monoisotopic (exact) mass is 241 g/mol. The summed E-state index contributed by atoms with van der Waals surface area (Å²) in [7, 11) is 0. The molecule has 2 heterocycles. The quantitative estimate of drug-likeness (QED) is 0.806. The molecule has 5 nitrogen and oxygen atoms in total. The van der Waals surface area contributed by atoms with Crippen molar-refractivity contribution in [2.75, 3.05) is 26.2 Å². The molecule has 0 radical (unpaired) electrons. The van der Waals surface area contributed by atoms with Crippen LogP contribution in [0.25, 0.3) is 0 Å². The van der Waals surface area contributed by atoms with E-state index in [2.05, 4.69) is 10.3 Å². The van der Waals surface area contributed by atoms with E-state index in [1.54, 1.807) is 0 Å². The molecular formula is C10H15N3O2S. The van der Waals surface area contributed by atoms with E-state index in [0.29, 0.717) is 5.01 Å². The minimum absolute atomic E-state index is 0.583. The zero-order chi connectivity index (χ0) is 11.5. The molecule has 0 spiro atoms. The first kappa shape index (κ1) is 11.5. The lowest BCUT2D eigenvalue weighted by Crippen LogP contribution is -2.47. The van der Waals surface area contributed by atoms with Crippen LogP contribution in [-0.2, 0) is 4.79 Å². The molecule has 1 aliphatic heterocycles. The molecule has 1 saturated heterocycles. The van der Waals surface area contributed by atoms with Crippen molar-refractivity contribution >= 4 is 17.3 Å². The number of thiazole rings is 1. The third-order valence-corrected chi connectivity index (χ3v) is 3.64. The maximum absolute atomic E-state index is 11.3. The number of carbonyl (C=O) groups is 1. The van der Waals surface area contributed by atoms with Crippen LogP contribution in [0.1, 0.15) is 16.7 Å². The number of hydrogen-bond acceptors (Lipinski definition) is 5. The van der Waals surface area contributed by atoms with Crippen molar-refractivity contribution in [3.8, 4) is 0 Å². The Labute approximate surface area is 98.1 Å². The number of aromatic nitrogens is 1. The van der Waals surface area contributed by atoms with Crippen LogP contribution in [-0.4, -0.2) is 47.1 Å². The van der Waals surface area contributed by atoms with Crippen molar-refractivity contribution in [3.05, 3.63) is 16.1 Å². The maximum Gasteiger partial charge on any atom is 0.328 e. The lowest BCUT2D eigenvalue weighted by Gasteiger charge is -2.31. The van der Waals surface area contributed by atoms with Gasteiger partial charge in [-0.15, -0.1) is 11.3 Å². The van der Waals surface area contributed by atoms with Crippen molar-refractivity contribution in [1.82, 2.24) is 15.2 Å². The number of rotatable bonds is 3. The molecule has 16 heavy (non-hydrogen) atoms. The largest absolute Gasteiger partial charge is 0.480 e. The summed E-state index contributed by atoms with van der Waals surface area (Å²) in [5.74, 6) is -0.809. The zero-order valence-corrected chi connectivity index (χ0v) is 9.96. The van der Waals surface area contributed by atoms with Gasteiger partial charge in [0.25, 0.3) is 0 Å². The van der Waals surface area contributed by atoms with Crippen LogP contribution >= 0.6 is 11.3 Å². The second kappa shape index (κ2) is 4.90. The van der Waals surface area contributed by atoms with E-state index in [1.807, 2.05) is 17.2 Å². The molecule has 0 saturated carbocycles. The molecule has 2 rings (SSSR count). The van der Waals surface area contributed by atoms with Crippen LogP contribution < -0.4 is 5.32 Å². The standard InChI is InChI=1S/C10H15N3O2S/c1-7-6-16-9(12-7)8(10(14)15)13-4-2-11-3-5-13/h6,8,11H,2-5H2,1H3,(H,14,15). The number of piperazine rings is 1. The molecule has 1 aliphatic rings. The molecule has 2 N–H and O–H groups in total. The van der Waals surface area contributed by atoms with E-state index in [0.717, 1.165) is 31.9 Å². The molecule has 0 bridgehead atoms. The average molecular weight is 241 g/mol. The lowest BCUT2D eigenvalue weighted by molar-refractivity contribution is -0.143. The molecule has 0 aliphatic carbocycles. The van der Waals surface area contributed by atoms with Crippen LogP contribution in [0.15, 0.2) is 5.38 Å². The Kier molecular flexibility index (Phi) is 3.52. The summed E-state index contributed by atoms with van der Waals surface area (Å²) in [6.45, 7) is 5.09. The molecule has 1 aromatic rings. The van der Waals surface area contributed by atoms with E-state index in [4.69, 9.17) is 0 Å². The lowest BCUT2D eigenvalue weighted by atomic mass is 10.2. The van der Waals surface area contributed by atoms with Crippen molar-refractivity contribution < 1.29 is 9.90 Å². The predicted octanol–water partition coefficient (Wildman–Crippen LogP) is 0.482. The van der Waals surface area contributed by atoms with Crippen LogP contribution in [0.2, 0.25) is 0 Å². The fourth-order valence-electron chi connectivity index (χ4n) is 1.86. The Balaban J connectivity index is 2.19. The summed E-state index contributed by atoms with van der Waals surface area (Å²) in [5.41, 5.74) is 0.890. The number of aryl methyl sites for hydroxylation is 1. The smallest absolute Gasteiger partial charge is 0.328 e. The highest BCUT2D eigenvalue weighted by atomic mass is 32.1. The predicted molar refractivity (Wildman–Crippen MR) is 61.7 cm³/mol. The van der Waals surface area contributed by atoms with Gasteiger partial charge in [0, 0.05) is 37.3 Å². The van der Waals surface area contributed by atoms with Crippen LogP contribution in [0.5, 0.6) is 0 Å². The Morgan fingerprint density at radius 2 is 2.31 bits per heavy atom. The number of nitrogens with zero attached hydrogens (tertiary/aromatic N) is 2. The van der Waals surface area contributed by atoms with Crippen molar-refractivity contribution in [3.63, 3.8) is 0 Å². The van der Waals surface area contributed by atoms with Crippen molar-refractivity contribution in [1.29, 1.82) is 0 Å². The molecule has 88 valence electrons. The van der Waals surface area contributed by atoms with Gasteiger partial charge in [-0.1, -0.05) is 0 Å². The summed E-state index contributed by atoms with van der Waals surface area (Å²) in [4.78, 5) is 17.6. The van der Waals surface area contributed by atoms with Gasteiger partial charge in [-0.05, 0) is 6.92 Å². The summed E-state index contributed by atoms with van der Waals surface area (Å²) in [5, 5.41) is 15.1. The summed E-state index contributed by atoms with van der Waals surface area (Å²) < 4.78 is 0. The topological polar surface area (TPSA) is 65.5 Å². The fourth-order valence-corrected chi connectivity index (χ4v) is 2.78. The summed E-state index contributed by atoms with van der Waals surface area (Å²) in [6.07, 6.45) is 0. The first-order valence-corrected chi connectivity index (χ1v) is 6.16. The maximum atomic E-state index is 11.3. The first-order chi connectivity index (χ1) is 7.68. The van der Waals surface area contributed by atoms with Crippen LogP contribution in [0, 0.1) is 6.92 Å². The molecule has 1 aromatic heterocycles. The molecule has 1 unspecified atom stereocenters. The number of carboxylic acids is 1. The Bertz CT molecular complexity index is 374.